The van der Waals surface area contributed by atoms with E-state index < -0.39 is 0 Å². The van der Waals surface area contributed by atoms with E-state index in [-0.39, 0.29) is 5.91 Å². The van der Waals surface area contributed by atoms with Crippen molar-refractivity contribution in [1.29, 1.82) is 0 Å². The van der Waals surface area contributed by atoms with E-state index in [1.165, 1.54) is 0 Å². The fraction of sp³-hybridized carbons (Fsp3) is 0.143. The lowest BCUT2D eigenvalue weighted by molar-refractivity contribution is 0.0962. The van der Waals surface area contributed by atoms with Crippen molar-refractivity contribution < 1.29 is 4.79 Å². The standard InChI is InChI=1S/C7H8N2OS/c1-8-6(10)5-3-2-4-9-7(5)11/h2-4H,1H3,(H,8,10)(H,9,11). The van der Waals surface area contributed by atoms with Gasteiger partial charge < -0.3 is 10.3 Å². The van der Waals surface area contributed by atoms with Gasteiger partial charge in [0, 0.05) is 13.2 Å². The summed E-state index contributed by atoms with van der Waals surface area (Å²) in [7, 11) is 1.57. The number of amides is 1. The minimum atomic E-state index is -0.160. The summed E-state index contributed by atoms with van der Waals surface area (Å²) in [4.78, 5) is 13.8. The van der Waals surface area contributed by atoms with Crippen LogP contribution in [-0.2, 0) is 0 Å². The summed E-state index contributed by atoms with van der Waals surface area (Å²) in [5, 5.41) is 2.50. The molecule has 0 aliphatic carbocycles. The lowest BCUT2D eigenvalue weighted by Crippen LogP contribution is -2.18. The van der Waals surface area contributed by atoms with Crippen LogP contribution in [0, 0.1) is 4.64 Å². The maximum Gasteiger partial charge on any atom is 0.254 e. The summed E-state index contributed by atoms with van der Waals surface area (Å²) >= 11 is 4.88. The Hall–Kier alpha value is -1.16. The molecular weight excluding hydrogens is 160 g/mol. The monoisotopic (exact) mass is 168 g/mol. The molecule has 3 nitrogen and oxygen atoms in total. The van der Waals surface area contributed by atoms with E-state index in [0.29, 0.717) is 10.2 Å². The maximum absolute atomic E-state index is 11.0. The molecule has 0 atom stereocenters. The molecule has 1 aromatic heterocycles. The number of rotatable bonds is 1. The number of aromatic nitrogens is 1. The third-order valence-electron chi connectivity index (χ3n) is 1.29. The average Bonchev–Trinajstić information content (AvgIpc) is 2.04. The van der Waals surface area contributed by atoms with E-state index in [0.717, 1.165) is 0 Å². The van der Waals surface area contributed by atoms with Crippen molar-refractivity contribution in [3.63, 3.8) is 0 Å². The average molecular weight is 168 g/mol. The first-order valence-corrected chi connectivity index (χ1v) is 3.56. The van der Waals surface area contributed by atoms with Crippen molar-refractivity contribution in [3.05, 3.63) is 28.5 Å². The van der Waals surface area contributed by atoms with Crippen LogP contribution in [0.4, 0.5) is 0 Å². The smallest absolute Gasteiger partial charge is 0.254 e. The molecule has 0 aliphatic rings. The lowest BCUT2D eigenvalue weighted by Gasteiger charge is -1.97. The number of carbonyl (C=O) groups is 1. The van der Waals surface area contributed by atoms with Gasteiger partial charge in [-0.05, 0) is 12.1 Å². The molecule has 0 saturated carbocycles. The number of pyridine rings is 1. The summed E-state index contributed by atoms with van der Waals surface area (Å²) in [5.74, 6) is -0.160. The Morgan fingerprint density at radius 3 is 3.00 bits per heavy atom. The zero-order valence-corrected chi connectivity index (χ0v) is 6.87. The van der Waals surface area contributed by atoms with Gasteiger partial charge in [-0.1, -0.05) is 12.2 Å². The molecule has 0 bridgehead atoms. The summed E-state index contributed by atoms with van der Waals surface area (Å²) < 4.78 is 0.465. The zero-order chi connectivity index (χ0) is 8.27. The van der Waals surface area contributed by atoms with Gasteiger partial charge in [0.15, 0.2) is 0 Å². The summed E-state index contributed by atoms with van der Waals surface area (Å²) in [6.07, 6.45) is 1.69. The molecule has 0 unspecified atom stereocenters. The maximum atomic E-state index is 11.0. The van der Waals surface area contributed by atoms with Crippen molar-refractivity contribution in [2.75, 3.05) is 7.05 Å². The molecule has 0 fully saturated rings. The fourth-order valence-electron chi connectivity index (χ4n) is 0.735. The molecule has 0 spiro atoms. The van der Waals surface area contributed by atoms with Crippen molar-refractivity contribution in [2.24, 2.45) is 0 Å². The van der Waals surface area contributed by atoms with E-state index in [1.54, 1.807) is 25.4 Å². The van der Waals surface area contributed by atoms with Gasteiger partial charge in [-0.3, -0.25) is 4.79 Å². The molecule has 4 heteroatoms. The van der Waals surface area contributed by atoms with Gasteiger partial charge in [0.25, 0.3) is 5.91 Å². The van der Waals surface area contributed by atoms with Crippen LogP contribution in [0.2, 0.25) is 0 Å². The largest absolute Gasteiger partial charge is 0.355 e. The number of hydrogen-bond donors (Lipinski definition) is 2. The molecule has 1 aromatic rings. The fourth-order valence-corrected chi connectivity index (χ4v) is 0.964. The Morgan fingerprint density at radius 2 is 2.45 bits per heavy atom. The number of H-pyrrole nitrogens is 1. The van der Waals surface area contributed by atoms with Gasteiger partial charge in [-0.2, -0.15) is 0 Å². The van der Waals surface area contributed by atoms with Crippen LogP contribution in [0.3, 0.4) is 0 Å². The summed E-state index contributed by atoms with van der Waals surface area (Å²) in [6.45, 7) is 0. The van der Waals surface area contributed by atoms with Crippen LogP contribution in [-0.4, -0.2) is 17.9 Å². The van der Waals surface area contributed by atoms with E-state index in [9.17, 15) is 4.79 Å². The van der Waals surface area contributed by atoms with Gasteiger partial charge in [0.1, 0.15) is 4.64 Å². The molecule has 0 aliphatic heterocycles. The highest BCUT2D eigenvalue weighted by Crippen LogP contribution is 1.97. The highest BCUT2D eigenvalue weighted by Gasteiger charge is 2.02. The second kappa shape index (κ2) is 3.30. The SMILES string of the molecule is CNC(=O)c1ccc[nH]c1=S. The molecule has 1 heterocycles. The second-order valence-electron chi connectivity index (χ2n) is 1.99. The molecule has 2 N–H and O–H groups in total. The van der Waals surface area contributed by atoms with Gasteiger partial charge in [-0.25, -0.2) is 0 Å². The minimum Gasteiger partial charge on any atom is -0.355 e. The van der Waals surface area contributed by atoms with Crippen molar-refractivity contribution in [1.82, 2.24) is 10.3 Å². The number of carbonyl (C=O) groups excluding carboxylic acids is 1. The van der Waals surface area contributed by atoms with Crippen molar-refractivity contribution in [3.8, 4) is 0 Å². The third-order valence-corrected chi connectivity index (χ3v) is 1.63. The van der Waals surface area contributed by atoms with Crippen LogP contribution in [0.1, 0.15) is 10.4 Å². The molecule has 0 saturated heterocycles. The first kappa shape index (κ1) is 7.94. The van der Waals surface area contributed by atoms with Crippen molar-refractivity contribution >= 4 is 18.1 Å². The van der Waals surface area contributed by atoms with E-state index in [4.69, 9.17) is 12.2 Å². The highest BCUT2D eigenvalue weighted by atomic mass is 32.1. The lowest BCUT2D eigenvalue weighted by atomic mass is 10.3. The molecule has 58 valence electrons. The predicted molar refractivity (Wildman–Crippen MR) is 45.0 cm³/mol. The van der Waals surface area contributed by atoms with Gasteiger partial charge in [0.05, 0.1) is 5.56 Å². The van der Waals surface area contributed by atoms with Crippen LogP contribution >= 0.6 is 12.2 Å². The Balaban J connectivity index is 3.14. The Labute approximate surface area is 69.5 Å². The van der Waals surface area contributed by atoms with Crippen LogP contribution in [0.15, 0.2) is 18.3 Å². The van der Waals surface area contributed by atoms with Crippen molar-refractivity contribution in [2.45, 2.75) is 0 Å². The molecule has 0 radical (unpaired) electrons. The summed E-state index contributed by atoms with van der Waals surface area (Å²) in [5.41, 5.74) is 0.505. The van der Waals surface area contributed by atoms with Crippen LogP contribution in [0.25, 0.3) is 0 Å². The molecule has 11 heavy (non-hydrogen) atoms. The Kier molecular flexibility index (Phi) is 2.38. The Bertz CT molecular complexity index is 318. The highest BCUT2D eigenvalue weighted by molar-refractivity contribution is 7.71. The molecular formula is C7H8N2OS. The molecule has 0 aromatic carbocycles. The van der Waals surface area contributed by atoms with Crippen LogP contribution in [0.5, 0.6) is 0 Å². The first-order valence-electron chi connectivity index (χ1n) is 3.15. The topological polar surface area (TPSA) is 44.9 Å². The van der Waals surface area contributed by atoms with Crippen LogP contribution < -0.4 is 5.32 Å². The molecule has 1 amide bonds. The third kappa shape index (κ3) is 1.65. The number of nitrogens with one attached hydrogen (secondary N) is 2. The number of aromatic amines is 1. The van der Waals surface area contributed by atoms with E-state index in [1.807, 2.05) is 0 Å². The van der Waals surface area contributed by atoms with Gasteiger partial charge in [0.2, 0.25) is 0 Å². The second-order valence-corrected chi connectivity index (χ2v) is 2.40. The first-order chi connectivity index (χ1) is 5.25. The van der Waals surface area contributed by atoms with Gasteiger partial charge >= 0.3 is 0 Å². The van der Waals surface area contributed by atoms with E-state index >= 15 is 0 Å². The number of hydrogen-bond acceptors (Lipinski definition) is 2. The zero-order valence-electron chi connectivity index (χ0n) is 6.05. The molecule has 1 rings (SSSR count). The van der Waals surface area contributed by atoms with E-state index in [2.05, 4.69) is 10.3 Å². The van der Waals surface area contributed by atoms with Gasteiger partial charge in [-0.15, -0.1) is 0 Å². The quantitative estimate of drug-likeness (QED) is 0.617. The summed E-state index contributed by atoms with van der Waals surface area (Å²) in [6, 6.07) is 3.41. The normalized spacial score (nSPS) is 9.18. The predicted octanol–water partition coefficient (Wildman–Crippen LogP) is 1.10. The Morgan fingerprint density at radius 1 is 1.73 bits per heavy atom. The minimum absolute atomic E-state index is 0.160.